The van der Waals surface area contributed by atoms with Crippen LogP contribution >= 0.6 is 11.3 Å². The van der Waals surface area contributed by atoms with Gasteiger partial charge in [-0.1, -0.05) is 0 Å². The van der Waals surface area contributed by atoms with Crippen LogP contribution < -0.4 is 10.6 Å². The van der Waals surface area contributed by atoms with E-state index in [9.17, 15) is 0 Å². The molecule has 84 valence electrons. The van der Waals surface area contributed by atoms with Gasteiger partial charge in [0.2, 0.25) is 0 Å². The average molecular weight is 225 g/mol. The number of nitrogens with one attached hydrogen (secondary N) is 2. The zero-order valence-corrected chi connectivity index (χ0v) is 10.1. The molecule has 1 aromatic heterocycles. The first-order valence-corrected chi connectivity index (χ1v) is 6.51. The maximum absolute atomic E-state index is 4.31. The van der Waals surface area contributed by atoms with Crippen molar-refractivity contribution < 1.29 is 0 Å². The first-order chi connectivity index (χ1) is 7.34. The molecular formula is C11H19N3S. The van der Waals surface area contributed by atoms with E-state index < -0.39 is 0 Å². The van der Waals surface area contributed by atoms with Crippen molar-refractivity contribution in [3.8, 4) is 0 Å². The summed E-state index contributed by atoms with van der Waals surface area (Å²) < 4.78 is 0. The number of hydrogen-bond donors (Lipinski definition) is 2. The van der Waals surface area contributed by atoms with Crippen LogP contribution in [0.2, 0.25) is 0 Å². The van der Waals surface area contributed by atoms with E-state index >= 15 is 0 Å². The monoisotopic (exact) mass is 225 g/mol. The molecule has 0 bridgehead atoms. The predicted molar refractivity (Wildman–Crippen MR) is 64.2 cm³/mol. The van der Waals surface area contributed by atoms with E-state index in [-0.39, 0.29) is 0 Å². The molecule has 1 aliphatic carbocycles. The number of thiazole rings is 1. The first kappa shape index (κ1) is 11.0. The summed E-state index contributed by atoms with van der Waals surface area (Å²) in [5.41, 5.74) is 0. The van der Waals surface area contributed by atoms with E-state index in [1.807, 2.05) is 6.20 Å². The topological polar surface area (TPSA) is 37.0 Å². The predicted octanol–water partition coefficient (Wildman–Crippen LogP) is 1.68. The molecule has 1 heterocycles. The Morgan fingerprint density at radius 2 is 2.33 bits per heavy atom. The van der Waals surface area contributed by atoms with Crippen LogP contribution in [0.1, 0.15) is 29.1 Å². The second-order valence-electron chi connectivity index (χ2n) is 4.12. The molecule has 1 saturated carbocycles. The molecule has 0 unspecified atom stereocenters. The number of rotatable bonds is 7. The lowest BCUT2D eigenvalue weighted by atomic mass is 10.4. The Morgan fingerprint density at radius 3 is 3.00 bits per heavy atom. The zero-order valence-electron chi connectivity index (χ0n) is 9.25. The van der Waals surface area contributed by atoms with Crippen LogP contribution in [0.3, 0.4) is 0 Å². The molecule has 0 aliphatic heterocycles. The Labute approximate surface area is 95.3 Å². The fraction of sp³-hybridized carbons (Fsp3) is 0.727. The summed E-state index contributed by atoms with van der Waals surface area (Å²) in [5.74, 6) is 0. The third-order valence-corrected chi connectivity index (χ3v) is 3.40. The SMILES string of the molecule is Cc1cnc(CNCCCNC2CC2)s1. The van der Waals surface area contributed by atoms with E-state index in [2.05, 4.69) is 22.5 Å². The highest BCUT2D eigenvalue weighted by Gasteiger charge is 2.19. The number of hydrogen-bond acceptors (Lipinski definition) is 4. The Balaban J connectivity index is 1.47. The minimum Gasteiger partial charge on any atom is -0.314 e. The van der Waals surface area contributed by atoms with E-state index in [1.54, 1.807) is 11.3 Å². The molecule has 2 rings (SSSR count). The van der Waals surface area contributed by atoms with Crippen molar-refractivity contribution >= 4 is 11.3 Å². The Kier molecular flexibility index (Phi) is 4.11. The van der Waals surface area contributed by atoms with E-state index in [4.69, 9.17) is 0 Å². The molecule has 0 spiro atoms. The van der Waals surface area contributed by atoms with E-state index in [1.165, 1.54) is 29.1 Å². The summed E-state index contributed by atoms with van der Waals surface area (Å²) in [6.07, 6.45) is 5.91. The van der Waals surface area contributed by atoms with Crippen molar-refractivity contribution in [1.82, 2.24) is 15.6 Å². The molecule has 3 nitrogen and oxygen atoms in total. The number of aryl methyl sites for hydroxylation is 1. The van der Waals surface area contributed by atoms with Crippen molar-refractivity contribution in [1.29, 1.82) is 0 Å². The molecule has 2 N–H and O–H groups in total. The zero-order chi connectivity index (χ0) is 10.5. The molecule has 4 heteroatoms. The summed E-state index contributed by atoms with van der Waals surface area (Å²) in [6, 6.07) is 0.839. The van der Waals surface area contributed by atoms with Crippen molar-refractivity contribution in [3.63, 3.8) is 0 Å². The lowest BCUT2D eigenvalue weighted by Crippen LogP contribution is -2.23. The third-order valence-electron chi connectivity index (χ3n) is 2.49. The summed E-state index contributed by atoms with van der Waals surface area (Å²) in [7, 11) is 0. The van der Waals surface area contributed by atoms with Gasteiger partial charge in [0, 0.05) is 23.7 Å². The second-order valence-corrected chi connectivity index (χ2v) is 5.44. The van der Waals surface area contributed by atoms with Gasteiger partial charge in [0.15, 0.2) is 0 Å². The molecule has 0 radical (unpaired) electrons. The highest BCUT2D eigenvalue weighted by molar-refractivity contribution is 7.11. The summed E-state index contributed by atoms with van der Waals surface area (Å²) in [5, 5.41) is 8.12. The Morgan fingerprint density at radius 1 is 1.47 bits per heavy atom. The van der Waals surface area contributed by atoms with Crippen LogP contribution in [0.15, 0.2) is 6.20 Å². The molecule has 15 heavy (non-hydrogen) atoms. The van der Waals surface area contributed by atoms with Gasteiger partial charge in [0.05, 0.1) is 0 Å². The standard InChI is InChI=1S/C11H19N3S/c1-9-7-14-11(15-9)8-12-5-2-6-13-10-3-4-10/h7,10,12-13H,2-6,8H2,1H3. The molecular weight excluding hydrogens is 206 g/mol. The largest absolute Gasteiger partial charge is 0.314 e. The van der Waals surface area contributed by atoms with Gasteiger partial charge in [0.25, 0.3) is 0 Å². The van der Waals surface area contributed by atoms with Crippen LogP contribution in [0.4, 0.5) is 0 Å². The molecule has 1 aromatic rings. The number of aromatic nitrogens is 1. The van der Waals surface area contributed by atoms with Crippen LogP contribution in [-0.4, -0.2) is 24.1 Å². The summed E-state index contributed by atoms with van der Waals surface area (Å²) in [6.45, 7) is 5.25. The Hall–Kier alpha value is -0.450. The molecule has 1 fully saturated rings. The van der Waals surface area contributed by atoms with Crippen molar-refractivity contribution in [3.05, 3.63) is 16.1 Å². The molecule has 1 aliphatic rings. The van der Waals surface area contributed by atoms with Crippen molar-refractivity contribution in [2.45, 2.75) is 38.8 Å². The van der Waals surface area contributed by atoms with E-state index in [0.29, 0.717) is 0 Å². The maximum Gasteiger partial charge on any atom is 0.107 e. The van der Waals surface area contributed by atoms with Gasteiger partial charge in [-0.3, -0.25) is 0 Å². The lowest BCUT2D eigenvalue weighted by Gasteiger charge is -2.03. The Bertz CT molecular complexity index is 294. The normalized spacial score (nSPS) is 15.8. The van der Waals surface area contributed by atoms with Gasteiger partial charge in [0.1, 0.15) is 5.01 Å². The number of nitrogens with zero attached hydrogens (tertiary/aromatic N) is 1. The van der Waals surface area contributed by atoms with Crippen LogP contribution in [0, 0.1) is 6.92 Å². The fourth-order valence-corrected chi connectivity index (χ4v) is 2.24. The summed E-state index contributed by atoms with van der Waals surface area (Å²) in [4.78, 5) is 5.61. The van der Waals surface area contributed by atoms with E-state index in [0.717, 1.165) is 25.7 Å². The van der Waals surface area contributed by atoms with Gasteiger partial charge in [-0.05, 0) is 39.3 Å². The fourth-order valence-electron chi connectivity index (χ4n) is 1.49. The van der Waals surface area contributed by atoms with Crippen LogP contribution in [-0.2, 0) is 6.54 Å². The van der Waals surface area contributed by atoms with Gasteiger partial charge >= 0.3 is 0 Å². The van der Waals surface area contributed by atoms with Gasteiger partial charge in [-0.15, -0.1) is 11.3 Å². The first-order valence-electron chi connectivity index (χ1n) is 5.70. The minimum atomic E-state index is 0.839. The molecule has 0 atom stereocenters. The van der Waals surface area contributed by atoms with Gasteiger partial charge < -0.3 is 10.6 Å². The highest BCUT2D eigenvalue weighted by atomic mass is 32.1. The quantitative estimate of drug-likeness (QED) is 0.693. The van der Waals surface area contributed by atoms with Crippen LogP contribution in [0.25, 0.3) is 0 Å². The maximum atomic E-state index is 4.31. The van der Waals surface area contributed by atoms with Crippen LogP contribution in [0.5, 0.6) is 0 Å². The molecule has 0 aromatic carbocycles. The summed E-state index contributed by atoms with van der Waals surface area (Å²) >= 11 is 1.78. The second kappa shape index (κ2) is 5.58. The smallest absolute Gasteiger partial charge is 0.107 e. The van der Waals surface area contributed by atoms with Crippen molar-refractivity contribution in [2.75, 3.05) is 13.1 Å². The third kappa shape index (κ3) is 4.28. The molecule has 0 saturated heterocycles. The van der Waals surface area contributed by atoms with Gasteiger partial charge in [-0.2, -0.15) is 0 Å². The lowest BCUT2D eigenvalue weighted by molar-refractivity contribution is 0.592. The average Bonchev–Trinajstić information content (AvgIpc) is 2.95. The van der Waals surface area contributed by atoms with Crippen molar-refractivity contribution in [2.24, 2.45) is 0 Å². The molecule has 0 amide bonds. The van der Waals surface area contributed by atoms with Gasteiger partial charge in [-0.25, -0.2) is 4.98 Å². The highest BCUT2D eigenvalue weighted by Crippen LogP contribution is 2.18. The minimum absolute atomic E-state index is 0.839.